The minimum absolute atomic E-state index is 0.0383. The zero-order valence-corrected chi connectivity index (χ0v) is 10.3. The van der Waals surface area contributed by atoms with Crippen molar-refractivity contribution in [3.05, 3.63) is 24.0 Å². The summed E-state index contributed by atoms with van der Waals surface area (Å²) in [5.41, 5.74) is 5.28. The summed E-state index contributed by atoms with van der Waals surface area (Å²) in [7, 11) is 1.36. The van der Waals surface area contributed by atoms with Crippen LogP contribution in [0.15, 0.2) is 18.2 Å². The Morgan fingerprint density at radius 1 is 1.53 bits per heavy atom. The van der Waals surface area contributed by atoms with Crippen molar-refractivity contribution in [1.29, 1.82) is 0 Å². The topological polar surface area (TPSA) is 81.9 Å². The van der Waals surface area contributed by atoms with Gasteiger partial charge in [0, 0.05) is 11.8 Å². The maximum Gasteiger partial charge on any atom is 0.404 e. The third kappa shape index (κ3) is 2.75. The summed E-state index contributed by atoms with van der Waals surface area (Å²) in [6.45, 7) is 0.160. The normalized spacial score (nSPS) is 18.5. The van der Waals surface area contributed by atoms with Gasteiger partial charge in [-0.3, -0.25) is 4.79 Å². The van der Waals surface area contributed by atoms with Gasteiger partial charge in [0.2, 0.25) is 5.91 Å². The number of rotatable bonds is 3. The van der Waals surface area contributed by atoms with Crippen LogP contribution in [0, 0.1) is 5.82 Å². The first kappa shape index (κ1) is 13.1. The van der Waals surface area contributed by atoms with Gasteiger partial charge in [-0.05, 0) is 12.1 Å². The number of carbonyl (C=O) groups is 2. The molecule has 0 saturated carbocycles. The van der Waals surface area contributed by atoms with Crippen LogP contribution < -0.4 is 15.4 Å². The summed E-state index contributed by atoms with van der Waals surface area (Å²) in [6.07, 6.45) is -1.49. The van der Waals surface area contributed by atoms with E-state index in [0.717, 1.165) is 0 Å². The fraction of sp³-hybridized carbons (Fsp3) is 0.333. The highest BCUT2D eigenvalue weighted by Gasteiger charge is 2.33. The number of primary amides is 1. The van der Waals surface area contributed by atoms with Crippen LogP contribution in [0.4, 0.5) is 14.9 Å². The van der Waals surface area contributed by atoms with Crippen LogP contribution in [0.1, 0.15) is 6.42 Å². The van der Waals surface area contributed by atoms with Crippen LogP contribution in [-0.4, -0.2) is 31.8 Å². The molecule has 0 radical (unpaired) electrons. The quantitative estimate of drug-likeness (QED) is 0.887. The summed E-state index contributed by atoms with van der Waals surface area (Å²) in [5.74, 6) is -0.719. The first-order valence-electron chi connectivity index (χ1n) is 5.61. The predicted octanol–water partition coefficient (Wildman–Crippen LogP) is 1.03. The monoisotopic (exact) mass is 268 g/mol. The van der Waals surface area contributed by atoms with Crippen LogP contribution in [-0.2, 0) is 9.53 Å². The highest BCUT2D eigenvalue weighted by molar-refractivity contribution is 5.96. The Hall–Kier alpha value is -2.31. The van der Waals surface area contributed by atoms with Crippen molar-refractivity contribution in [2.75, 3.05) is 18.6 Å². The van der Waals surface area contributed by atoms with Crippen molar-refractivity contribution in [3.63, 3.8) is 0 Å². The lowest BCUT2D eigenvalue weighted by Crippen LogP contribution is -2.28. The van der Waals surface area contributed by atoms with Crippen LogP contribution in [0.5, 0.6) is 5.75 Å². The molecule has 7 heteroatoms. The fourth-order valence-corrected chi connectivity index (χ4v) is 1.99. The Morgan fingerprint density at radius 3 is 2.84 bits per heavy atom. The van der Waals surface area contributed by atoms with Crippen LogP contribution in [0.3, 0.4) is 0 Å². The molecule has 102 valence electrons. The van der Waals surface area contributed by atoms with E-state index in [-0.39, 0.29) is 24.6 Å². The number of benzene rings is 1. The summed E-state index contributed by atoms with van der Waals surface area (Å²) in [5, 5.41) is 0. The molecule has 1 aliphatic heterocycles. The Bertz CT molecular complexity index is 520. The Labute approximate surface area is 108 Å². The molecule has 0 aromatic heterocycles. The molecule has 1 unspecified atom stereocenters. The highest BCUT2D eigenvalue weighted by atomic mass is 19.1. The number of nitrogens with two attached hydrogens (primary N) is 1. The lowest BCUT2D eigenvalue weighted by Gasteiger charge is -2.17. The molecule has 2 amide bonds. The summed E-state index contributed by atoms with van der Waals surface area (Å²) in [6, 6.07) is 4.19. The van der Waals surface area contributed by atoms with Gasteiger partial charge < -0.3 is 20.1 Å². The second kappa shape index (κ2) is 5.13. The molecule has 1 aromatic carbocycles. The number of halogens is 1. The number of anilines is 1. The number of nitrogens with zero attached hydrogens (tertiary/aromatic N) is 1. The van der Waals surface area contributed by atoms with Gasteiger partial charge in [-0.25, -0.2) is 9.18 Å². The van der Waals surface area contributed by atoms with E-state index in [1.807, 2.05) is 0 Å². The molecule has 1 fully saturated rings. The summed E-state index contributed by atoms with van der Waals surface area (Å²) >= 11 is 0. The molecule has 2 N–H and O–H groups in total. The molecule has 19 heavy (non-hydrogen) atoms. The molecular formula is C12H13FN2O4. The van der Waals surface area contributed by atoms with E-state index in [1.54, 1.807) is 6.07 Å². The molecule has 1 heterocycles. The van der Waals surface area contributed by atoms with Gasteiger partial charge in [0.1, 0.15) is 6.10 Å². The van der Waals surface area contributed by atoms with Crippen molar-refractivity contribution < 1.29 is 23.5 Å². The average Bonchev–Trinajstić information content (AvgIpc) is 2.69. The van der Waals surface area contributed by atoms with E-state index in [4.69, 9.17) is 15.2 Å². The van der Waals surface area contributed by atoms with Gasteiger partial charge >= 0.3 is 6.09 Å². The molecular weight excluding hydrogens is 255 g/mol. The van der Waals surface area contributed by atoms with Gasteiger partial charge in [-0.2, -0.15) is 0 Å². The number of ether oxygens (including phenoxy) is 2. The van der Waals surface area contributed by atoms with Gasteiger partial charge in [0.25, 0.3) is 0 Å². The average molecular weight is 268 g/mol. The lowest BCUT2D eigenvalue weighted by atomic mass is 10.2. The number of carbonyl (C=O) groups excluding carboxylic acids is 2. The molecule has 1 aliphatic rings. The first-order valence-corrected chi connectivity index (χ1v) is 5.61. The predicted molar refractivity (Wildman–Crippen MR) is 64.4 cm³/mol. The molecule has 1 aromatic rings. The van der Waals surface area contributed by atoms with E-state index >= 15 is 0 Å². The van der Waals surface area contributed by atoms with E-state index in [0.29, 0.717) is 5.69 Å². The van der Waals surface area contributed by atoms with Crippen LogP contribution in [0.2, 0.25) is 0 Å². The fourth-order valence-electron chi connectivity index (χ4n) is 1.99. The Morgan fingerprint density at radius 2 is 2.26 bits per heavy atom. The number of methoxy groups -OCH3 is 1. The van der Waals surface area contributed by atoms with Gasteiger partial charge in [0.05, 0.1) is 20.1 Å². The van der Waals surface area contributed by atoms with E-state index < -0.39 is 18.0 Å². The maximum absolute atomic E-state index is 13.6. The van der Waals surface area contributed by atoms with E-state index in [2.05, 4.69) is 0 Å². The smallest absolute Gasteiger partial charge is 0.404 e. The first-order chi connectivity index (χ1) is 9.01. The van der Waals surface area contributed by atoms with Crippen molar-refractivity contribution in [2.24, 2.45) is 5.73 Å². The number of amides is 2. The minimum Gasteiger partial charge on any atom is -0.494 e. The summed E-state index contributed by atoms with van der Waals surface area (Å²) < 4.78 is 23.1. The molecule has 2 rings (SSSR count). The van der Waals surface area contributed by atoms with E-state index in [9.17, 15) is 14.0 Å². The van der Waals surface area contributed by atoms with Crippen molar-refractivity contribution >= 4 is 17.7 Å². The molecule has 0 bridgehead atoms. The zero-order chi connectivity index (χ0) is 14.0. The third-order valence-electron chi connectivity index (χ3n) is 2.82. The second-order valence-corrected chi connectivity index (χ2v) is 4.09. The largest absolute Gasteiger partial charge is 0.494 e. The van der Waals surface area contributed by atoms with Crippen LogP contribution >= 0.6 is 0 Å². The number of hydrogen-bond donors (Lipinski definition) is 1. The molecule has 1 atom stereocenters. The molecule has 0 spiro atoms. The van der Waals surface area contributed by atoms with Gasteiger partial charge in [0.15, 0.2) is 11.6 Å². The summed E-state index contributed by atoms with van der Waals surface area (Å²) in [4.78, 5) is 23.8. The maximum atomic E-state index is 13.6. The van der Waals surface area contributed by atoms with E-state index in [1.165, 1.54) is 24.1 Å². The molecule has 1 saturated heterocycles. The SMILES string of the molecule is COc1ccc(N2CC(OC(N)=O)CC2=O)cc1F. The Kier molecular flexibility index (Phi) is 3.55. The van der Waals surface area contributed by atoms with Gasteiger partial charge in [-0.1, -0.05) is 0 Å². The third-order valence-corrected chi connectivity index (χ3v) is 2.82. The standard InChI is InChI=1S/C12H13FN2O4/c1-18-10-3-2-7(4-9(10)13)15-6-8(5-11(15)16)19-12(14)17/h2-4,8H,5-6H2,1H3,(H2,14,17). The second-order valence-electron chi connectivity index (χ2n) is 4.09. The van der Waals surface area contributed by atoms with Crippen molar-refractivity contribution in [1.82, 2.24) is 0 Å². The molecule has 0 aliphatic carbocycles. The van der Waals surface area contributed by atoms with Crippen molar-refractivity contribution in [3.8, 4) is 5.75 Å². The minimum atomic E-state index is -0.930. The lowest BCUT2D eigenvalue weighted by molar-refractivity contribution is -0.117. The number of hydrogen-bond acceptors (Lipinski definition) is 4. The highest BCUT2D eigenvalue weighted by Crippen LogP contribution is 2.27. The molecule has 6 nitrogen and oxygen atoms in total. The van der Waals surface area contributed by atoms with Crippen molar-refractivity contribution in [2.45, 2.75) is 12.5 Å². The van der Waals surface area contributed by atoms with Gasteiger partial charge in [-0.15, -0.1) is 0 Å². The van der Waals surface area contributed by atoms with Crippen LogP contribution in [0.25, 0.3) is 0 Å². The zero-order valence-electron chi connectivity index (χ0n) is 10.3. The Balaban J connectivity index is 2.16.